The standard InChI is InChI=1S/C16H23NO5S/c1-12-10-17(11-13(2)22-12)16(18)14-4-6-15(7-5-14)23(19,20)9-8-21-3/h4-7,12-13H,8-11H2,1-3H3. The molecule has 1 saturated heterocycles. The highest BCUT2D eigenvalue weighted by Crippen LogP contribution is 2.17. The molecule has 1 fully saturated rings. The average molecular weight is 341 g/mol. The van der Waals surface area contributed by atoms with Gasteiger partial charge in [-0.15, -0.1) is 0 Å². The second-order valence-electron chi connectivity index (χ2n) is 5.80. The van der Waals surface area contributed by atoms with Crippen molar-refractivity contribution in [3.63, 3.8) is 0 Å². The van der Waals surface area contributed by atoms with Gasteiger partial charge in [-0.2, -0.15) is 0 Å². The summed E-state index contributed by atoms with van der Waals surface area (Å²) < 4.78 is 34.6. The molecule has 0 saturated carbocycles. The minimum atomic E-state index is -3.38. The number of amides is 1. The van der Waals surface area contributed by atoms with Crippen molar-refractivity contribution in [2.75, 3.05) is 32.6 Å². The number of ether oxygens (including phenoxy) is 2. The maximum atomic E-state index is 12.5. The van der Waals surface area contributed by atoms with Crippen LogP contribution in [-0.2, 0) is 19.3 Å². The molecule has 6 nitrogen and oxygen atoms in total. The van der Waals surface area contributed by atoms with Crippen molar-refractivity contribution >= 4 is 15.7 Å². The van der Waals surface area contributed by atoms with Crippen LogP contribution < -0.4 is 0 Å². The van der Waals surface area contributed by atoms with E-state index in [9.17, 15) is 13.2 Å². The zero-order chi connectivity index (χ0) is 17.0. The second-order valence-corrected chi connectivity index (χ2v) is 7.91. The quantitative estimate of drug-likeness (QED) is 0.808. The predicted molar refractivity (Wildman–Crippen MR) is 86.3 cm³/mol. The summed E-state index contributed by atoms with van der Waals surface area (Å²) >= 11 is 0. The Balaban J connectivity index is 2.11. The van der Waals surface area contributed by atoms with Crippen molar-refractivity contribution in [1.82, 2.24) is 4.90 Å². The maximum absolute atomic E-state index is 12.5. The number of hydrogen-bond donors (Lipinski definition) is 0. The predicted octanol–water partition coefficient (Wildman–Crippen LogP) is 1.36. The lowest BCUT2D eigenvalue weighted by Crippen LogP contribution is -2.48. The first-order valence-corrected chi connectivity index (χ1v) is 9.25. The van der Waals surface area contributed by atoms with Crippen molar-refractivity contribution in [2.45, 2.75) is 31.0 Å². The Labute approximate surface area is 137 Å². The van der Waals surface area contributed by atoms with Crippen LogP contribution in [0, 0.1) is 0 Å². The van der Waals surface area contributed by atoms with E-state index in [1.165, 1.54) is 19.2 Å². The van der Waals surface area contributed by atoms with Gasteiger partial charge in [0, 0.05) is 25.8 Å². The van der Waals surface area contributed by atoms with Crippen LogP contribution in [0.5, 0.6) is 0 Å². The van der Waals surface area contributed by atoms with Crippen molar-refractivity contribution < 1.29 is 22.7 Å². The summed E-state index contributed by atoms with van der Waals surface area (Å²) in [7, 11) is -1.92. The van der Waals surface area contributed by atoms with Gasteiger partial charge in [0.15, 0.2) is 9.84 Å². The monoisotopic (exact) mass is 341 g/mol. The number of morpholine rings is 1. The number of nitrogens with zero attached hydrogens (tertiary/aromatic N) is 1. The molecule has 7 heteroatoms. The molecule has 1 aliphatic rings. The van der Waals surface area contributed by atoms with Gasteiger partial charge in [0.1, 0.15) is 0 Å². The first-order valence-electron chi connectivity index (χ1n) is 7.60. The molecule has 1 amide bonds. The molecule has 1 aromatic rings. The number of carbonyl (C=O) groups excluding carboxylic acids is 1. The van der Waals surface area contributed by atoms with Crippen LogP contribution >= 0.6 is 0 Å². The van der Waals surface area contributed by atoms with Crippen LogP contribution in [0.2, 0.25) is 0 Å². The Morgan fingerprint density at radius 2 is 1.78 bits per heavy atom. The molecule has 128 valence electrons. The van der Waals surface area contributed by atoms with Crippen LogP contribution in [0.15, 0.2) is 29.2 Å². The summed E-state index contributed by atoms with van der Waals surface area (Å²) in [5.41, 5.74) is 0.483. The lowest BCUT2D eigenvalue weighted by atomic mass is 10.1. The summed E-state index contributed by atoms with van der Waals surface area (Å²) in [6.45, 7) is 5.09. The zero-order valence-electron chi connectivity index (χ0n) is 13.7. The molecule has 2 atom stereocenters. The highest BCUT2D eigenvalue weighted by atomic mass is 32.2. The molecule has 0 aliphatic carbocycles. The van der Waals surface area contributed by atoms with E-state index in [1.807, 2.05) is 13.8 Å². The van der Waals surface area contributed by atoms with E-state index in [1.54, 1.807) is 17.0 Å². The van der Waals surface area contributed by atoms with Gasteiger partial charge in [0.05, 0.1) is 29.5 Å². The molecular formula is C16H23NO5S. The topological polar surface area (TPSA) is 72.9 Å². The fourth-order valence-corrected chi connectivity index (χ4v) is 3.81. The van der Waals surface area contributed by atoms with Crippen molar-refractivity contribution in [2.24, 2.45) is 0 Å². The smallest absolute Gasteiger partial charge is 0.254 e. The highest BCUT2D eigenvalue weighted by Gasteiger charge is 2.26. The van der Waals surface area contributed by atoms with E-state index in [-0.39, 0.29) is 35.4 Å². The Morgan fingerprint density at radius 1 is 1.22 bits per heavy atom. The van der Waals surface area contributed by atoms with Crippen LogP contribution in [0.3, 0.4) is 0 Å². The van der Waals surface area contributed by atoms with Gasteiger partial charge < -0.3 is 14.4 Å². The average Bonchev–Trinajstić information content (AvgIpc) is 2.51. The first kappa shape index (κ1) is 17.9. The largest absolute Gasteiger partial charge is 0.384 e. The van der Waals surface area contributed by atoms with Gasteiger partial charge in [-0.05, 0) is 38.1 Å². The van der Waals surface area contributed by atoms with Crippen molar-refractivity contribution in [3.8, 4) is 0 Å². The van der Waals surface area contributed by atoms with E-state index in [0.717, 1.165) is 0 Å². The first-order chi connectivity index (χ1) is 10.8. The fraction of sp³-hybridized carbons (Fsp3) is 0.562. The van der Waals surface area contributed by atoms with Gasteiger partial charge in [-0.25, -0.2) is 8.42 Å². The van der Waals surface area contributed by atoms with Gasteiger partial charge in [-0.1, -0.05) is 0 Å². The molecule has 0 N–H and O–H groups in total. The molecular weight excluding hydrogens is 318 g/mol. The molecule has 0 radical (unpaired) electrons. The molecule has 1 aromatic carbocycles. The van der Waals surface area contributed by atoms with E-state index < -0.39 is 9.84 Å². The summed E-state index contributed by atoms with van der Waals surface area (Å²) in [4.78, 5) is 14.5. The Bertz CT molecular complexity index is 631. The molecule has 0 spiro atoms. The number of hydrogen-bond acceptors (Lipinski definition) is 5. The molecule has 1 heterocycles. The van der Waals surface area contributed by atoms with Gasteiger partial charge in [0.2, 0.25) is 0 Å². The Kier molecular flexibility index (Phi) is 5.78. The SMILES string of the molecule is COCCS(=O)(=O)c1ccc(C(=O)N2CC(C)OC(C)C2)cc1. The summed E-state index contributed by atoms with van der Waals surface area (Å²) in [6.07, 6.45) is -0.00668. The number of rotatable bonds is 5. The van der Waals surface area contributed by atoms with Gasteiger partial charge in [0.25, 0.3) is 5.91 Å². The maximum Gasteiger partial charge on any atom is 0.254 e. The molecule has 2 rings (SSSR count). The Hall–Kier alpha value is -1.44. The highest BCUT2D eigenvalue weighted by molar-refractivity contribution is 7.91. The summed E-state index contributed by atoms with van der Waals surface area (Å²) in [5, 5.41) is 0. The molecule has 0 bridgehead atoms. The van der Waals surface area contributed by atoms with E-state index >= 15 is 0 Å². The third-order valence-electron chi connectivity index (χ3n) is 3.72. The van der Waals surface area contributed by atoms with Crippen molar-refractivity contribution in [1.29, 1.82) is 0 Å². The fourth-order valence-electron chi connectivity index (χ4n) is 2.64. The van der Waals surface area contributed by atoms with E-state index in [0.29, 0.717) is 18.7 Å². The molecule has 23 heavy (non-hydrogen) atoms. The minimum absolute atomic E-state index is 0.00334. The van der Waals surface area contributed by atoms with Crippen LogP contribution in [0.25, 0.3) is 0 Å². The lowest BCUT2D eigenvalue weighted by molar-refractivity contribution is -0.0586. The number of sulfone groups is 1. The summed E-state index contributed by atoms with van der Waals surface area (Å²) in [5.74, 6) is -0.178. The third kappa shape index (κ3) is 4.53. The second kappa shape index (κ2) is 7.42. The van der Waals surface area contributed by atoms with Crippen LogP contribution in [-0.4, -0.2) is 64.0 Å². The minimum Gasteiger partial charge on any atom is -0.384 e. The third-order valence-corrected chi connectivity index (χ3v) is 5.42. The van der Waals surface area contributed by atoms with Gasteiger partial charge >= 0.3 is 0 Å². The summed E-state index contributed by atoms with van der Waals surface area (Å²) in [6, 6.07) is 6.08. The molecule has 0 aromatic heterocycles. The number of methoxy groups -OCH3 is 1. The van der Waals surface area contributed by atoms with Crippen LogP contribution in [0.1, 0.15) is 24.2 Å². The number of benzene rings is 1. The molecule has 1 aliphatic heterocycles. The Morgan fingerprint density at radius 3 is 2.30 bits per heavy atom. The van der Waals surface area contributed by atoms with Crippen LogP contribution in [0.4, 0.5) is 0 Å². The van der Waals surface area contributed by atoms with Gasteiger partial charge in [-0.3, -0.25) is 4.79 Å². The number of carbonyl (C=O) groups is 1. The zero-order valence-corrected chi connectivity index (χ0v) is 14.5. The van der Waals surface area contributed by atoms with E-state index in [2.05, 4.69) is 0 Å². The normalized spacial score (nSPS) is 22.1. The van der Waals surface area contributed by atoms with Crippen molar-refractivity contribution in [3.05, 3.63) is 29.8 Å². The molecule has 2 unspecified atom stereocenters. The lowest BCUT2D eigenvalue weighted by Gasteiger charge is -2.35. The van der Waals surface area contributed by atoms with E-state index in [4.69, 9.17) is 9.47 Å².